The monoisotopic (exact) mass is 563 g/mol. The van der Waals surface area contributed by atoms with E-state index in [2.05, 4.69) is 24.7 Å². The van der Waals surface area contributed by atoms with Crippen molar-refractivity contribution in [2.75, 3.05) is 0 Å². The molecule has 0 spiro atoms. The summed E-state index contributed by atoms with van der Waals surface area (Å²) in [6.07, 6.45) is -4.49. The molecule has 1 aromatic carbocycles. The van der Waals surface area contributed by atoms with Gasteiger partial charge in [-0.25, -0.2) is 9.07 Å². The maximum atomic E-state index is 14.6. The lowest BCUT2D eigenvalue weighted by Gasteiger charge is -2.30. The molecule has 40 heavy (non-hydrogen) atoms. The Morgan fingerprint density at radius 2 is 1.80 bits per heavy atom. The Labute approximate surface area is 223 Å². The van der Waals surface area contributed by atoms with E-state index in [9.17, 15) is 31.1 Å². The Kier molecular flexibility index (Phi) is 7.47. The summed E-state index contributed by atoms with van der Waals surface area (Å²) in [7, 11) is 0. The first-order chi connectivity index (χ1) is 19.0. The Balaban J connectivity index is 1.52. The summed E-state index contributed by atoms with van der Waals surface area (Å²) in [5, 5.41) is 7.61. The molecule has 1 fully saturated rings. The van der Waals surface area contributed by atoms with Crippen LogP contribution in [0.3, 0.4) is 0 Å². The number of alkyl halides is 5. The smallest absolute Gasteiger partial charge is 0.333 e. The minimum absolute atomic E-state index is 0.0605. The molecule has 1 saturated carbocycles. The summed E-state index contributed by atoms with van der Waals surface area (Å²) in [4.78, 5) is 21.0. The van der Waals surface area contributed by atoms with E-state index in [1.165, 1.54) is 18.3 Å². The van der Waals surface area contributed by atoms with Crippen LogP contribution < -0.4 is 5.56 Å². The summed E-state index contributed by atoms with van der Waals surface area (Å²) in [6.45, 7) is 1.21. The highest BCUT2D eigenvalue weighted by molar-refractivity contribution is 5.49. The molecule has 4 aromatic rings. The molecule has 3 heterocycles. The third kappa shape index (κ3) is 5.50. The van der Waals surface area contributed by atoms with E-state index in [4.69, 9.17) is 0 Å². The second-order valence-electron chi connectivity index (χ2n) is 9.72. The van der Waals surface area contributed by atoms with E-state index < -0.39 is 41.9 Å². The maximum absolute atomic E-state index is 14.6. The summed E-state index contributed by atoms with van der Waals surface area (Å²) in [6, 6.07) is 8.23. The number of pyridine rings is 1. The van der Waals surface area contributed by atoms with E-state index in [-0.39, 0.29) is 34.7 Å². The van der Waals surface area contributed by atoms with Crippen LogP contribution in [-0.2, 0) is 12.7 Å². The van der Waals surface area contributed by atoms with Gasteiger partial charge in [0.1, 0.15) is 11.5 Å². The van der Waals surface area contributed by atoms with Crippen LogP contribution in [0.5, 0.6) is 0 Å². The van der Waals surface area contributed by atoms with Crippen molar-refractivity contribution in [3.8, 4) is 11.5 Å². The Bertz CT molecular complexity index is 1550. The number of benzene rings is 1. The second-order valence-corrected chi connectivity index (χ2v) is 9.72. The molecule has 1 aliphatic rings. The zero-order chi connectivity index (χ0) is 28.6. The number of aryl methyl sites for hydroxylation is 1. The molecular formula is C27H23F6N5O2. The molecule has 210 valence electrons. The minimum atomic E-state index is -4.73. The molecule has 7 nitrogen and oxygen atoms in total. The minimum Gasteiger partial charge on any atom is -0.333 e. The highest BCUT2D eigenvalue weighted by atomic mass is 19.4. The van der Waals surface area contributed by atoms with Gasteiger partial charge in [0.15, 0.2) is 0 Å². The van der Waals surface area contributed by atoms with Crippen LogP contribution >= 0.6 is 0 Å². The fourth-order valence-corrected chi connectivity index (χ4v) is 5.32. The SMILES string of the molecule is Cc1cccc(F)c1C1CCC(c2cc(-c3noc(C(F)F)n3)nn(Cc3ncccc3C(F)(F)F)c2=O)CC1. The van der Waals surface area contributed by atoms with Gasteiger partial charge in [0, 0.05) is 11.8 Å². The molecule has 0 aliphatic heterocycles. The third-order valence-corrected chi connectivity index (χ3v) is 7.20. The lowest BCUT2D eigenvalue weighted by atomic mass is 9.75. The standard InChI is InChI=1S/C27H23F6N5O2/c1-14-4-2-6-19(28)22(14)16-9-7-15(8-10-16)17-12-20(24-35-25(23(29)30)40-37-24)36-38(26(17)39)13-21-18(27(31,32)33)5-3-11-34-21/h2-6,11-12,15-16,23H,7-10,13H2,1H3. The molecule has 0 amide bonds. The van der Waals surface area contributed by atoms with Gasteiger partial charge in [0.25, 0.3) is 11.4 Å². The van der Waals surface area contributed by atoms with Gasteiger partial charge in [-0.2, -0.15) is 32.0 Å². The molecule has 3 aromatic heterocycles. The quantitative estimate of drug-likeness (QED) is 0.246. The molecular weight excluding hydrogens is 540 g/mol. The van der Waals surface area contributed by atoms with Gasteiger partial charge in [0.05, 0.1) is 17.8 Å². The lowest BCUT2D eigenvalue weighted by molar-refractivity contribution is -0.138. The molecule has 0 N–H and O–H groups in total. The fourth-order valence-electron chi connectivity index (χ4n) is 5.32. The molecule has 1 aliphatic carbocycles. The van der Waals surface area contributed by atoms with Crippen molar-refractivity contribution in [1.29, 1.82) is 0 Å². The van der Waals surface area contributed by atoms with Gasteiger partial charge in [-0.05, 0) is 79.8 Å². The number of nitrogens with zero attached hydrogens (tertiary/aromatic N) is 5. The van der Waals surface area contributed by atoms with Crippen molar-refractivity contribution in [2.24, 2.45) is 0 Å². The predicted octanol–water partition coefficient (Wildman–Crippen LogP) is 6.58. The molecule has 0 saturated heterocycles. The number of halogens is 6. The van der Waals surface area contributed by atoms with E-state index in [1.807, 2.05) is 13.0 Å². The summed E-state index contributed by atoms with van der Waals surface area (Å²) in [5.74, 6) is -1.98. The van der Waals surface area contributed by atoms with Crippen LogP contribution in [0, 0.1) is 12.7 Å². The average Bonchev–Trinajstić information content (AvgIpc) is 3.41. The summed E-state index contributed by atoms with van der Waals surface area (Å²) < 4.78 is 86.9. The Morgan fingerprint density at radius 1 is 1.07 bits per heavy atom. The summed E-state index contributed by atoms with van der Waals surface area (Å²) in [5.41, 5.74) is -0.535. The van der Waals surface area contributed by atoms with Crippen LogP contribution in [0.2, 0.25) is 0 Å². The highest BCUT2D eigenvalue weighted by Gasteiger charge is 2.35. The topological polar surface area (TPSA) is 86.7 Å². The van der Waals surface area contributed by atoms with Crippen molar-refractivity contribution in [2.45, 2.75) is 63.6 Å². The van der Waals surface area contributed by atoms with Gasteiger partial charge in [-0.1, -0.05) is 17.3 Å². The van der Waals surface area contributed by atoms with Crippen LogP contribution in [0.4, 0.5) is 26.3 Å². The zero-order valence-electron chi connectivity index (χ0n) is 21.1. The number of hydrogen-bond acceptors (Lipinski definition) is 6. The lowest BCUT2D eigenvalue weighted by Crippen LogP contribution is -2.31. The van der Waals surface area contributed by atoms with Crippen molar-refractivity contribution in [3.63, 3.8) is 0 Å². The number of aromatic nitrogens is 5. The zero-order valence-corrected chi connectivity index (χ0v) is 21.1. The molecule has 5 rings (SSSR count). The van der Waals surface area contributed by atoms with Crippen LogP contribution in [-0.4, -0.2) is 24.9 Å². The second kappa shape index (κ2) is 10.9. The molecule has 13 heteroatoms. The Morgan fingerprint density at radius 3 is 2.45 bits per heavy atom. The van der Waals surface area contributed by atoms with Crippen molar-refractivity contribution < 1.29 is 30.9 Å². The van der Waals surface area contributed by atoms with Gasteiger partial charge in [-0.3, -0.25) is 9.78 Å². The van der Waals surface area contributed by atoms with Crippen LogP contribution in [0.15, 0.2) is 51.9 Å². The average molecular weight is 564 g/mol. The van der Waals surface area contributed by atoms with E-state index in [1.54, 1.807) is 6.07 Å². The first-order valence-electron chi connectivity index (χ1n) is 12.5. The maximum Gasteiger partial charge on any atom is 0.418 e. The van der Waals surface area contributed by atoms with Crippen molar-refractivity contribution in [3.05, 3.63) is 92.6 Å². The van der Waals surface area contributed by atoms with Crippen molar-refractivity contribution >= 4 is 0 Å². The summed E-state index contributed by atoms with van der Waals surface area (Å²) >= 11 is 0. The van der Waals surface area contributed by atoms with Gasteiger partial charge >= 0.3 is 12.6 Å². The molecule has 0 bridgehead atoms. The van der Waals surface area contributed by atoms with E-state index >= 15 is 0 Å². The Hall–Kier alpha value is -4.03. The van der Waals surface area contributed by atoms with E-state index in [0.29, 0.717) is 31.2 Å². The highest BCUT2D eigenvalue weighted by Crippen LogP contribution is 2.42. The third-order valence-electron chi connectivity index (χ3n) is 7.20. The fraction of sp³-hybridized carbons (Fsp3) is 0.370. The van der Waals surface area contributed by atoms with Crippen LogP contribution in [0.1, 0.15) is 77.8 Å². The van der Waals surface area contributed by atoms with Crippen LogP contribution in [0.25, 0.3) is 11.5 Å². The van der Waals surface area contributed by atoms with Crippen molar-refractivity contribution in [1.82, 2.24) is 24.9 Å². The predicted molar refractivity (Wildman–Crippen MR) is 130 cm³/mol. The number of rotatable bonds is 6. The normalized spacial score (nSPS) is 17.9. The van der Waals surface area contributed by atoms with Gasteiger partial charge < -0.3 is 4.52 Å². The number of hydrogen-bond donors (Lipinski definition) is 0. The first-order valence-corrected chi connectivity index (χ1v) is 12.5. The molecule has 0 unspecified atom stereocenters. The van der Waals surface area contributed by atoms with E-state index in [0.717, 1.165) is 22.4 Å². The first kappa shape index (κ1) is 27.5. The largest absolute Gasteiger partial charge is 0.418 e. The molecule has 0 radical (unpaired) electrons. The van der Waals surface area contributed by atoms with Gasteiger partial charge in [0.2, 0.25) is 5.82 Å². The van der Waals surface area contributed by atoms with Gasteiger partial charge in [-0.15, -0.1) is 0 Å². The molecule has 0 atom stereocenters.